The van der Waals surface area contributed by atoms with Crippen molar-refractivity contribution < 1.29 is 19.2 Å². The maximum atomic E-state index is 13.4. The molecule has 0 bridgehead atoms. The highest BCUT2D eigenvalue weighted by Crippen LogP contribution is 2.18. The summed E-state index contributed by atoms with van der Waals surface area (Å²) in [5, 5.41) is 9.06. The normalized spacial score (nSPS) is 21.3. The Bertz CT molecular complexity index is 1050. The fourth-order valence-electron chi connectivity index (χ4n) is 3.98. The Kier molecular flexibility index (Phi) is 8.56. The number of nitrogens with zero attached hydrogens (tertiary/aromatic N) is 2. The zero-order chi connectivity index (χ0) is 24.7. The van der Waals surface area contributed by atoms with Gasteiger partial charge in [-0.25, -0.2) is 0 Å². The van der Waals surface area contributed by atoms with Crippen LogP contribution in [0.2, 0.25) is 0 Å². The van der Waals surface area contributed by atoms with Crippen LogP contribution in [-0.2, 0) is 14.4 Å². The molecule has 4 amide bonds. The molecule has 182 valence electrons. The number of amides is 4. The van der Waals surface area contributed by atoms with Crippen molar-refractivity contribution in [1.82, 2.24) is 25.8 Å². The first-order valence-corrected chi connectivity index (χ1v) is 11.8. The number of pyridine rings is 1. The van der Waals surface area contributed by atoms with Crippen LogP contribution in [0.4, 0.5) is 0 Å². The summed E-state index contributed by atoms with van der Waals surface area (Å²) in [7, 11) is 0. The number of benzene rings is 1. The molecular formula is C25H33N5O4. The zero-order valence-electron chi connectivity index (χ0n) is 20.0. The van der Waals surface area contributed by atoms with E-state index in [9.17, 15) is 19.2 Å². The summed E-state index contributed by atoms with van der Waals surface area (Å²) < 4.78 is 0. The van der Waals surface area contributed by atoms with Crippen molar-refractivity contribution in [3.63, 3.8) is 0 Å². The Morgan fingerprint density at radius 2 is 1.76 bits per heavy atom. The van der Waals surface area contributed by atoms with Crippen molar-refractivity contribution >= 4 is 34.5 Å². The van der Waals surface area contributed by atoms with E-state index >= 15 is 0 Å². The topological polar surface area (TPSA) is 120 Å². The van der Waals surface area contributed by atoms with Gasteiger partial charge in [0, 0.05) is 37.6 Å². The minimum Gasteiger partial charge on any atom is -0.354 e. The average Bonchev–Trinajstić information content (AvgIpc) is 2.82. The number of rotatable bonds is 2. The first-order chi connectivity index (χ1) is 16.3. The van der Waals surface area contributed by atoms with Crippen LogP contribution in [0.1, 0.15) is 50.4 Å². The third-order valence-corrected chi connectivity index (χ3v) is 5.92. The maximum absolute atomic E-state index is 13.4. The molecule has 1 saturated heterocycles. The van der Waals surface area contributed by atoms with Gasteiger partial charge in [-0.05, 0) is 37.8 Å². The summed E-state index contributed by atoms with van der Waals surface area (Å²) in [6.45, 7) is 6.46. The molecule has 1 fully saturated rings. The number of nitrogens with one attached hydrogen (secondary N) is 3. The first-order valence-electron chi connectivity index (χ1n) is 11.8. The highest BCUT2D eigenvalue weighted by Gasteiger charge is 2.27. The lowest BCUT2D eigenvalue weighted by Crippen LogP contribution is -2.54. The molecule has 2 aromatic rings. The van der Waals surface area contributed by atoms with E-state index in [1.807, 2.05) is 38.1 Å². The van der Waals surface area contributed by atoms with Crippen molar-refractivity contribution in [3.8, 4) is 0 Å². The van der Waals surface area contributed by atoms with E-state index in [0.717, 1.165) is 10.9 Å². The lowest BCUT2D eigenvalue weighted by Gasteiger charge is -2.24. The number of aromatic nitrogens is 1. The van der Waals surface area contributed by atoms with Gasteiger partial charge in [0.1, 0.15) is 12.1 Å². The molecule has 2 atom stereocenters. The second-order valence-corrected chi connectivity index (χ2v) is 8.94. The minimum atomic E-state index is -0.771. The molecule has 0 radical (unpaired) electrons. The highest BCUT2D eigenvalue weighted by molar-refractivity contribution is 6.06. The summed E-state index contributed by atoms with van der Waals surface area (Å²) >= 11 is 0. The second kappa shape index (κ2) is 11.6. The van der Waals surface area contributed by atoms with Crippen molar-refractivity contribution in [2.45, 2.75) is 52.1 Å². The van der Waals surface area contributed by atoms with E-state index in [4.69, 9.17) is 0 Å². The molecule has 0 unspecified atom stereocenters. The predicted octanol–water partition coefficient (Wildman–Crippen LogP) is 1.62. The van der Waals surface area contributed by atoms with Crippen LogP contribution in [0.3, 0.4) is 0 Å². The zero-order valence-corrected chi connectivity index (χ0v) is 20.0. The van der Waals surface area contributed by atoms with Gasteiger partial charge in [0.25, 0.3) is 5.91 Å². The quantitative estimate of drug-likeness (QED) is 0.620. The Balaban J connectivity index is 1.79. The van der Waals surface area contributed by atoms with Crippen LogP contribution in [0, 0.1) is 5.92 Å². The van der Waals surface area contributed by atoms with Gasteiger partial charge in [0.15, 0.2) is 0 Å². The number of carbonyl (C=O) groups excluding carboxylic acids is 4. The molecule has 0 spiro atoms. The number of fused-ring (bicyclic) bond motifs is 1. The van der Waals surface area contributed by atoms with Gasteiger partial charge in [0.2, 0.25) is 17.7 Å². The molecule has 9 heteroatoms. The molecule has 2 heterocycles. The van der Waals surface area contributed by atoms with E-state index in [-0.39, 0.29) is 30.1 Å². The number of hydrogen-bond donors (Lipinski definition) is 3. The summed E-state index contributed by atoms with van der Waals surface area (Å²) in [4.78, 5) is 57.1. The van der Waals surface area contributed by atoms with Gasteiger partial charge < -0.3 is 20.9 Å². The lowest BCUT2D eigenvalue weighted by atomic mass is 10.0. The number of para-hydroxylation sites is 1. The summed E-state index contributed by atoms with van der Waals surface area (Å²) in [6.07, 6.45) is 2.80. The third kappa shape index (κ3) is 6.30. The summed E-state index contributed by atoms with van der Waals surface area (Å²) in [5.41, 5.74) is 1.30. The van der Waals surface area contributed by atoms with Gasteiger partial charge in [-0.2, -0.15) is 0 Å². The van der Waals surface area contributed by atoms with E-state index < -0.39 is 18.0 Å². The van der Waals surface area contributed by atoms with Crippen molar-refractivity contribution in [2.75, 3.05) is 19.6 Å². The molecule has 0 saturated carbocycles. The number of hydrogen-bond acceptors (Lipinski definition) is 5. The molecule has 3 N–H and O–H groups in total. The van der Waals surface area contributed by atoms with Gasteiger partial charge in [-0.15, -0.1) is 0 Å². The van der Waals surface area contributed by atoms with Crippen LogP contribution in [0.25, 0.3) is 10.9 Å². The highest BCUT2D eigenvalue weighted by atomic mass is 16.2. The molecule has 1 aromatic carbocycles. The van der Waals surface area contributed by atoms with E-state index in [2.05, 4.69) is 20.9 Å². The maximum Gasteiger partial charge on any atom is 0.254 e. The van der Waals surface area contributed by atoms with Crippen LogP contribution in [0.15, 0.2) is 36.5 Å². The third-order valence-electron chi connectivity index (χ3n) is 5.92. The van der Waals surface area contributed by atoms with Crippen LogP contribution in [-0.4, -0.2) is 65.2 Å². The van der Waals surface area contributed by atoms with Crippen LogP contribution < -0.4 is 16.0 Å². The molecule has 1 aliphatic rings. The lowest BCUT2D eigenvalue weighted by molar-refractivity contribution is -0.132. The Hall–Kier alpha value is -3.49. The second-order valence-electron chi connectivity index (χ2n) is 8.94. The van der Waals surface area contributed by atoms with Crippen molar-refractivity contribution in [3.05, 3.63) is 42.1 Å². The standard InChI is InChI=1S/C25H33N5O4/c1-16(2)22-24(33)27-12-7-15-30(14-6-10-21(31)28-17(3)23(32)29-22)25(34)19-11-13-26-20-9-5-4-8-18(19)20/h4-5,8-9,11,13,16-17,22H,6-7,10,12,14-15H2,1-3H3,(H,27,33)(H,28,31)(H,29,32)/t17-,22-/m1/s1. The Labute approximate surface area is 199 Å². The van der Waals surface area contributed by atoms with Gasteiger partial charge >= 0.3 is 0 Å². The molecule has 9 nitrogen and oxygen atoms in total. The summed E-state index contributed by atoms with van der Waals surface area (Å²) in [6, 6.07) is 7.70. The van der Waals surface area contributed by atoms with Crippen LogP contribution in [0.5, 0.6) is 0 Å². The molecular weight excluding hydrogens is 434 g/mol. The van der Waals surface area contributed by atoms with Gasteiger partial charge in [0.05, 0.1) is 11.1 Å². The largest absolute Gasteiger partial charge is 0.354 e. The first kappa shape index (κ1) is 25.1. The Morgan fingerprint density at radius 3 is 2.53 bits per heavy atom. The minimum absolute atomic E-state index is 0.124. The van der Waals surface area contributed by atoms with Crippen LogP contribution >= 0.6 is 0 Å². The monoisotopic (exact) mass is 467 g/mol. The van der Waals surface area contributed by atoms with Gasteiger partial charge in [-0.3, -0.25) is 24.2 Å². The molecule has 0 aliphatic carbocycles. The van der Waals surface area contributed by atoms with Gasteiger partial charge in [-0.1, -0.05) is 32.0 Å². The van der Waals surface area contributed by atoms with E-state index in [1.54, 1.807) is 24.1 Å². The molecule has 34 heavy (non-hydrogen) atoms. The van der Waals surface area contributed by atoms with Crippen molar-refractivity contribution in [2.24, 2.45) is 5.92 Å². The molecule has 1 aliphatic heterocycles. The molecule has 1 aromatic heterocycles. The molecule has 3 rings (SSSR count). The summed E-state index contributed by atoms with van der Waals surface area (Å²) in [5.74, 6) is -1.22. The fraction of sp³-hybridized carbons (Fsp3) is 0.480. The van der Waals surface area contributed by atoms with E-state index in [1.165, 1.54) is 0 Å². The van der Waals surface area contributed by atoms with Crippen molar-refractivity contribution in [1.29, 1.82) is 0 Å². The van der Waals surface area contributed by atoms with E-state index in [0.29, 0.717) is 38.0 Å². The fourth-order valence-corrected chi connectivity index (χ4v) is 3.98. The average molecular weight is 468 g/mol. The Morgan fingerprint density at radius 1 is 1.03 bits per heavy atom. The smallest absolute Gasteiger partial charge is 0.254 e. The number of carbonyl (C=O) groups is 4. The predicted molar refractivity (Wildman–Crippen MR) is 129 cm³/mol. The SMILES string of the molecule is CC(C)[C@H]1NC(=O)[C@@H](C)NC(=O)CCCN(C(=O)c2ccnc3ccccc23)CCCNC1=O.